The minimum Gasteiger partial charge on any atom is -0.394 e. The number of aryl methyl sites for hydroxylation is 1. The first-order valence-electron chi connectivity index (χ1n) is 6.37. The fourth-order valence-electron chi connectivity index (χ4n) is 2.24. The molecule has 1 aliphatic rings. The summed E-state index contributed by atoms with van der Waals surface area (Å²) in [6.45, 7) is 3.23. The largest absolute Gasteiger partial charge is 0.394 e. The van der Waals surface area contributed by atoms with Crippen LogP contribution in [0.15, 0.2) is 15.8 Å². The lowest BCUT2D eigenvalue weighted by Gasteiger charge is -2.21. The number of nitrogens with zero attached hydrogens (tertiary/aromatic N) is 1. The molecule has 8 nitrogen and oxygen atoms in total. The van der Waals surface area contributed by atoms with Crippen LogP contribution in [0, 0.1) is 6.92 Å². The maximum Gasteiger partial charge on any atom is 0.330 e. The second-order valence-corrected chi connectivity index (χ2v) is 4.64. The summed E-state index contributed by atoms with van der Waals surface area (Å²) in [7, 11) is 0. The zero-order chi connectivity index (χ0) is 14.9. The Bertz CT molecular complexity index is 580. The molecule has 1 aromatic heterocycles. The van der Waals surface area contributed by atoms with Gasteiger partial charge in [0, 0.05) is 18.4 Å². The van der Waals surface area contributed by atoms with Crippen molar-refractivity contribution in [2.45, 2.75) is 38.4 Å². The van der Waals surface area contributed by atoms with Crippen molar-refractivity contribution in [2.75, 3.05) is 13.2 Å². The first-order valence-corrected chi connectivity index (χ1v) is 6.37. The van der Waals surface area contributed by atoms with Crippen molar-refractivity contribution < 1.29 is 19.7 Å². The van der Waals surface area contributed by atoms with E-state index in [1.807, 2.05) is 0 Å². The minimum absolute atomic E-state index is 0.316. The minimum atomic E-state index is -1.05. The van der Waals surface area contributed by atoms with E-state index in [1.54, 1.807) is 13.8 Å². The number of nitrogens with one attached hydrogen (secondary N) is 1. The van der Waals surface area contributed by atoms with E-state index in [0.29, 0.717) is 12.2 Å². The summed E-state index contributed by atoms with van der Waals surface area (Å²) in [5.74, 6) is 0. The van der Waals surface area contributed by atoms with Gasteiger partial charge in [-0.1, -0.05) is 0 Å². The SMILES string of the molecule is CCOC1C(O)[C@@H](CO)O[C@H]1n1cc(C)c(=O)[nH]c1=O. The number of aromatic amines is 1. The number of ether oxygens (including phenoxy) is 2. The Balaban J connectivity index is 2.42. The molecule has 4 atom stereocenters. The van der Waals surface area contributed by atoms with Gasteiger partial charge in [0.1, 0.15) is 18.3 Å². The van der Waals surface area contributed by atoms with E-state index in [0.717, 1.165) is 4.57 Å². The molecule has 0 spiro atoms. The highest BCUT2D eigenvalue weighted by Crippen LogP contribution is 2.30. The molecule has 2 heterocycles. The summed E-state index contributed by atoms with van der Waals surface area (Å²) in [4.78, 5) is 25.4. The van der Waals surface area contributed by atoms with E-state index in [2.05, 4.69) is 4.98 Å². The Labute approximate surface area is 114 Å². The average molecular weight is 286 g/mol. The predicted octanol–water partition coefficient (Wildman–Crippen LogP) is -1.50. The van der Waals surface area contributed by atoms with Gasteiger partial charge in [-0.25, -0.2) is 4.79 Å². The van der Waals surface area contributed by atoms with Crippen LogP contribution in [0.3, 0.4) is 0 Å². The van der Waals surface area contributed by atoms with Gasteiger partial charge in [0.2, 0.25) is 0 Å². The van der Waals surface area contributed by atoms with E-state index in [-0.39, 0.29) is 0 Å². The Morgan fingerprint density at radius 3 is 2.80 bits per heavy atom. The maximum absolute atomic E-state index is 11.9. The van der Waals surface area contributed by atoms with E-state index < -0.39 is 42.4 Å². The third-order valence-corrected chi connectivity index (χ3v) is 3.27. The Hall–Kier alpha value is -1.48. The van der Waals surface area contributed by atoms with Crippen molar-refractivity contribution in [1.29, 1.82) is 0 Å². The fourth-order valence-corrected chi connectivity index (χ4v) is 2.24. The van der Waals surface area contributed by atoms with Crippen LogP contribution in [-0.4, -0.2) is 51.3 Å². The number of aliphatic hydroxyl groups is 2. The summed E-state index contributed by atoms with van der Waals surface area (Å²) < 4.78 is 12.0. The lowest BCUT2D eigenvalue weighted by Crippen LogP contribution is -2.40. The molecular formula is C12H18N2O6. The van der Waals surface area contributed by atoms with Crippen LogP contribution in [0.1, 0.15) is 18.7 Å². The highest BCUT2D eigenvalue weighted by atomic mass is 16.6. The molecule has 1 aromatic rings. The summed E-state index contributed by atoms with van der Waals surface area (Å²) in [6.07, 6.45) is -2.23. The van der Waals surface area contributed by atoms with Crippen molar-refractivity contribution in [3.63, 3.8) is 0 Å². The first-order chi connectivity index (χ1) is 9.49. The fraction of sp³-hybridized carbons (Fsp3) is 0.667. The normalized spacial score (nSPS) is 29.8. The second-order valence-electron chi connectivity index (χ2n) is 4.64. The molecule has 1 fully saturated rings. The average Bonchev–Trinajstić information content (AvgIpc) is 2.72. The number of hydrogen-bond donors (Lipinski definition) is 3. The molecule has 8 heteroatoms. The summed E-state index contributed by atoms with van der Waals surface area (Å²) >= 11 is 0. The van der Waals surface area contributed by atoms with Crippen LogP contribution in [0.25, 0.3) is 0 Å². The third-order valence-electron chi connectivity index (χ3n) is 3.27. The molecule has 0 saturated carbocycles. The molecule has 112 valence electrons. The highest BCUT2D eigenvalue weighted by Gasteiger charge is 2.45. The third kappa shape index (κ3) is 2.55. The van der Waals surface area contributed by atoms with Crippen LogP contribution in [0.5, 0.6) is 0 Å². The van der Waals surface area contributed by atoms with E-state index in [1.165, 1.54) is 6.20 Å². The van der Waals surface area contributed by atoms with Gasteiger partial charge in [-0.3, -0.25) is 14.3 Å². The Morgan fingerprint density at radius 2 is 2.20 bits per heavy atom. The number of aliphatic hydroxyl groups excluding tert-OH is 2. The first kappa shape index (κ1) is 14.9. The predicted molar refractivity (Wildman–Crippen MR) is 68.5 cm³/mol. The zero-order valence-corrected chi connectivity index (χ0v) is 11.3. The van der Waals surface area contributed by atoms with Crippen molar-refractivity contribution in [2.24, 2.45) is 0 Å². The smallest absolute Gasteiger partial charge is 0.330 e. The molecule has 0 bridgehead atoms. The lowest BCUT2D eigenvalue weighted by molar-refractivity contribution is -0.0717. The Kier molecular flexibility index (Phi) is 4.39. The highest BCUT2D eigenvalue weighted by molar-refractivity contribution is 5.03. The topological polar surface area (TPSA) is 114 Å². The van der Waals surface area contributed by atoms with Crippen LogP contribution >= 0.6 is 0 Å². The van der Waals surface area contributed by atoms with Crippen molar-refractivity contribution in [1.82, 2.24) is 9.55 Å². The van der Waals surface area contributed by atoms with Gasteiger partial charge in [-0.2, -0.15) is 0 Å². The summed E-state index contributed by atoms with van der Waals surface area (Å²) in [6, 6.07) is 0. The lowest BCUT2D eigenvalue weighted by atomic mass is 10.1. The number of H-pyrrole nitrogens is 1. The molecular weight excluding hydrogens is 268 g/mol. The molecule has 0 aromatic carbocycles. The molecule has 0 amide bonds. The molecule has 1 saturated heterocycles. The summed E-state index contributed by atoms with van der Waals surface area (Å²) in [5.41, 5.74) is -0.789. The van der Waals surface area contributed by atoms with Gasteiger partial charge in [-0.05, 0) is 13.8 Å². The molecule has 0 radical (unpaired) electrons. The summed E-state index contributed by atoms with van der Waals surface area (Å²) in [5, 5.41) is 19.2. The van der Waals surface area contributed by atoms with Crippen LogP contribution in [0.4, 0.5) is 0 Å². The standard InChI is InChI=1S/C12H18N2O6/c1-3-19-9-8(16)7(5-15)20-11(9)14-4-6(2)10(17)13-12(14)18/h4,7-9,11,15-16H,3,5H2,1-2H3,(H,13,17,18)/t7-,8?,9?,11-/m1/s1. The van der Waals surface area contributed by atoms with Crippen molar-refractivity contribution in [3.05, 3.63) is 32.6 Å². The van der Waals surface area contributed by atoms with Crippen molar-refractivity contribution >= 4 is 0 Å². The number of aromatic nitrogens is 2. The molecule has 20 heavy (non-hydrogen) atoms. The van der Waals surface area contributed by atoms with Gasteiger partial charge in [-0.15, -0.1) is 0 Å². The van der Waals surface area contributed by atoms with E-state index in [4.69, 9.17) is 14.6 Å². The Morgan fingerprint density at radius 1 is 1.50 bits per heavy atom. The number of rotatable bonds is 4. The van der Waals surface area contributed by atoms with E-state index >= 15 is 0 Å². The zero-order valence-electron chi connectivity index (χ0n) is 11.3. The van der Waals surface area contributed by atoms with Crippen LogP contribution in [-0.2, 0) is 9.47 Å². The van der Waals surface area contributed by atoms with Gasteiger partial charge in [0.15, 0.2) is 6.23 Å². The second kappa shape index (κ2) is 5.88. The van der Waals surface area contributed by atoms with Gasteiger partial charge in [0.05, 0.1) is 6.61 Å². The van der Waals surface area contributed by atoms with Gasteiger partial charge in [0.25, 0.3) is 5.56 Å². The molecule has 0 aliphatic carbocycles. The van der Waals surface area contributed by atoms with Crippen LogP contribution in [0.2, 0.25) is 0 Å². The van der Waals surface area contributed by atoms with Gasteiger partial charge < -0.3 is 19.7 Å². The number of hydrogen-bond acceptors (Lipinski definition) is 6. The molecule has 2 rings (SSSR count). The molecule has 2 unspecified atom stereocenters. The van der Waals surface area contributed by atoms with Gasteiger partial charge >= 0.3 is 5.69 Å². The maximum atomic E-state index is 11.9. The monoisotopic (exact) mass is 286 g/mol. The van der Waals surface area contributed by atoms with Crippen LogP contribution < -0.4 is 11.2 Å². The molecule has 1 aliphatic heterocycles. The molecule has 3 N–H and O–H groups in total. The van der Waals surface area contributed by atoms with Crippen molar-refractivity contribution in [3.8, 4) is 0 Å². The van der Waals surface area contributed by atoms with E-state index in [9.17, 15) is 14.7 Å². The quantitative estimate of drug-likeness (QED) is 0.621.